The first kappa shape index (κ1) is 11.0. The zero-order valence-corrected chi connectivity index (χ0v) is 9.15. The van der Waals surface area contributed by atoms with Gasteiger partial charge in [-0.15, -0.1) is 0 Å². The van der Waals surface area contributed by atoms with Gasteiger partial charge in [-0.3, -0.25) is 4.79 Å². The number of nitrogens with one attached hydrogen (secondary N) is 1. The van der Waals surface area contributed by atoms with E-state index >= 15 is 0 Å². The van der Waals surface area contributed by atoms with Gasteiger partial charge < -0.3 is 11.1 Å². The van der Waals surface area contributed by atoms with Crippen molar-refractivity contribution < 1.29 is 4.79 Å². The molecule has 1 saturated carbocycles. The molecule has 16 heavy (non-hydrogen) atoms. The minimum Gasteiger partial charge on any atom is -0.351 e. The molecule has 0 aliphatic heterocycles. The Balaban J connectivity index is 1.85. The lowest BCUT2D eigenvalue weighted by molar-refractivity contribution is 0.0943. The number of carbonyl (C=O) groups is 1. The average Bonchev–Trinajstić information content (AvgIpc) is 3.08. The molecular weight excluding hydrogens is 204 g/mol. The highest BCUT2D eigenvalue weighted by Crippen LogP contribution is 2.47. The van der Waals surface area contributed by atoms with Crippen molar-refractivity contribution in [2.45, 2.75) is 19.3 Å². The minimum absolute atomic E-state index is 0.108. The predicted molar refractivity (Wildman–Crippen MR) is 59.7 cm³/mol. The molecule has 1 heterocycles. The van der Waals surface area contributed by atoms with Gasteiger partial charge in [0, 0.05) is 18.9 Å². The van der Waals surface area contributed by atoms with Crippen LogP contribution in [0.3, 0.4) is 0 Å². The summed E-state index contributed by atoms with van der Waals surface area (Å²) >= 11 is 0. The van der Waals surface area contributed by atoms with Crippen LogP contribution in [0.25, 0.3) is 0 Å². The smallest absolute Gasteiger partial charge is 0.254 e. The summed E-state index contributed by atoms with van der Waals surface area (Å²) in [5, 5.41) is 2.91. The maximum atomic E-state index is 11.7. The normalized spacial score (nSPS) is 16.8. The van der Waals surface area contributed by atoms with Crippen molar-refractivity contribution in [3.63, 3.8) is 0 Å². The zero-order chi connectivity index (χ0) is 11.4. The van der Waals surface area contributed by atoms with Gasteiger partial charge in [0.15, 0.2) is 0 Å². The van der Waals surface area contributed by atoms with Crippen LogP contribution in [-0.2, 0) is 0 Å². The van der Waals surface area contributed by atoms with Crippen molar-refractivity contribution in [1.29, 1.82) is 0 Å². The van der Waals surface area contributed by atoms with Crippen LogP contribution < -0.4 is 11.1 Å². The van der Waals surface area contributed by atoms with Gasteiger partial charge in [0.25, 0.3) is 5.91 Å². The first-order chi connectivity index (χ1) is 7.76. The Morgan fingerprint density at radius 1 is 1.44 bits per heavy atom. The van der Waals surface area contributed by atoms with E-state index in [1.807, 2.05) is 0 Å². The van der Waals surface area contributed by atoms with Crippen molar-refractivity contribution in [2.24, 2.45) is 11.1 Å². The highest BCUT2D eigenvalue weighted by atomic mass is 16.1. The van der Waals surface area contributed by atoms with E-state index in [1.165, 1.54) is 18.7 Å². The van der Waals surface area contributed by atoms with E-state index in [4.69, 9.17) is 5.73 Å². The second-order valence-corrected chi connectivity index (χ2v) is 4.35. The van der Waals surface area contributed by atoms with Crippen LogP contribution >= 0.6 is 0 Å². The number of carbonyl (C=O) groups excluding carboxylic acids is 1. The minimum atomic E-state index is -0.108. The Labute approximate surface area is 94.5 Å². The first-order valence-electron chi connectivity index (χ1n) is 5.49. The Morgan fingerprint density at radius 2 is 2.12 bits per heavy atom. The van der Waals surface area contributed by atoms with Crippen molar-refractivity contribution in [3.05, 3.63) is 24.3 Å². The van der Waals surface area contributed by atoms with Crippen LogP contribution in [0, 0.1) is 5.41 Å². The van der Waals surface area contributed by atoms with E-state index in [9.17, 15) is 4.79 Å². The van der Waals surface area contributed by atoms with Gasteiger partial charge in [0.1, 0.15) is 6.33 Å². The Bertz CT molecular complexity index is 362. The largest absolute Gasteiger partial charge is 0.351 e. The quantitative estimate of drug-likeness (QED) is 0.749. The van der Waals surface area contributed by atoms with E-state index in [1.54, 1.807) is 0 Å². The molecule has 0 bridgehead atoms. The summed E-state index contributed by atoms with van der Waals surface area (Å²) in [5.41, 5.74) is 6.31. The summed E-state index contributed by atoms with van der Waals surface area (Å²) in [7, 11) is 0. The van der Waals surface area contributed by atoms with Crippen LogP contribution in [0.4, 0.5) is 0 Å². The molecule has 1 fully saturated rings. The number of nitrogens with two attached hydrogens (primary N) is 1. The third kappa shape index (κ3) is 2.55. The highest BCUT2D eigenvalue weighted by Gasteiger charge is 2.41. The van der Waals surface area contributed by atoms with Gasteiger partial charge in [0.2, 0.25) is 0 Å². The first-order valence-corrected chi connectivity index (χ1v) is 5.49. The molecule has 0 spiro atoms. The SMILES string of the molecule is NCCC1(CNC(=O)c2cncnc2)CC1. The fourth-order valence-corrected chi connectivity index (χ4v) is 1.78. The molecule has 1 aromatic rings. The van der Waals surface area contributed by atoms with Gasteiger partial charge in [-0.25, -0.2) is 9.97 Å². The lowest BCUT2D eigenvalue weighted by Gasteiger charge is -2.14. The molecule has 0 atom stereocenters. The molecule has 2 rings (SSSR count). The lowest BCUT2D eigenvalue weighted by atomic mass is 10.0. The van der Waals surface area contributed by atoms with Crippen LogP contribution in [0.5, 0.6) is 0 Å². The third-order valence-electron chi connectivity index (χ3n) is 3.08. The molecule has 86 valence electrons. The summed E-state index contributed by atoms with van der Waals surface area (Å²) in [6.07, 6.45) is 7.76. The van der Waals surface area contributed by atoms with E-state index in [-0.39, 0.29) is 11.3 Å². The third-order valence-corrected chi connectivity index (χ3v) is 3.08. The number of nitrogens with zero attached hydrogens (tertiary/aromatic N) is 2. The average molecular weight is 220 g/mol. The highest BCUT2D eigenvalue weighted by molar-refractivity contribution is 5.93. The maximum Gasteiger partial charge on any atom is 0.254 e. The molecule has 5 heteroatoms. The number of amides is 1. The summed E-state index contributed by atoms with van der Waals surface area (Å²) in [6, 6.07) is 0. The molecule has 1 aromatic heterocycles. The van der Waals surface area contributed by atoms with Crippen molar-refractivity contribution in [2.75, 3.05) is 13.1 Å². The van der Waals surface area contributed by atoms with E-state index in [0.29, 0.717) is 18.7 Å². The standard InChI is InChI=1S/C11H16N4O/c12-4-3-11(1-2-11)7-15-10(16)9-5-13-8-14-6-9/h5-6,8H,1-4,7,12H2,(H,15,16). The van der Waals surface area contributed by atoms with Gasteiger partial charge in [0.05, 0.1) is 5.56 Å². The van der Waals surface area contributed by atoms with Crippen LogP contribution in [0.1, 0.15) is 29.6 Å². The molecule has 0 unspecified atom stereocenters. The second kappa shape index (κ2) is 4.57. The maximum absolute atomic E-state index is 11.7. The molecule has 5 nitrogen and oxygen atoms in total. The summed E-state index contributed by atoms with van der Waals surface area (Å²) in [5.74, 6) is -0.108. The van der Waals surface area contributed by atoms with Crippen molar-refractivity contribution in [3.8, 4) is 0 Å². The predicted octanol–water partition coefficient (Wildman–Crippen LogP) is 0.335. The lowest BCUT2D eigenvalue weighted by Crippen LogP contribution is -2.31. The Hall–Kier alpha value is -1.49. The van der Waals surface area contributed by atoms with Crippen LogP contribution in [0.15, 0.2) is 18.7 Å². The monoisotopic (exact) mass is 220 g/mol. The van der Waals surface area contributed by atoms with Gasteiger partial charge in [-0.05, 0) is 31.2 Å². The second-order valence-electron chi connectivity index (χ2n) is 4.35. The molecule has 1 aliphatic rings. The van der Waals surface area contributed by atoms with E-state index in [0.717, 1.165) is 19.3 Å². The Morgan fingerprint density at radius 3 is 2.69 bits per heavy atom. The van der Waals surface area contributed by atoms with Crippen LogP contribution in [-0.4, -0.2) is 29.0 Å². The number of hydrogen-bond acceptors (Lipinski definition) is 4. The molecule has 1 amide bonds. The molecule has 0 radical (unpaired) electrons. The van der Waals surface area contributed by atoms with Gasteiger partial charge >= 0.3 is 0 Å². The number of aromatic nitrogens is 2. The Kier molecular flexibility index (Phi) is 3.14. The molecule has 3 N–H and O–H groups in total. The molecule has 1 aliphatic carbocycles. The van der Waals surface area contributed by atoms with E-state index < -0.39 is 0 Å². The molecular formula is C11H16N4O. The zero-order valence-electron chi connectivity index (χ0n) is 9.15. The van der Waals surface area contributed by atoms with Gasteiger partial charge in [-0.2, -0.15) is 0 Å². The fourth-order valence-electron chi connectivity index (χ4n) is 1.78. The fraction of sp³-hybridized carbons (Fsp3) is 0.545. The number of rotatable bonds is 5. The van der Waals surface area contributed by atoms with Crippen LogP contribution in [0.2, 0.25) is 0 Å². The van der Waals surface area contributed by atoms with Crippen molar-refractivity contribution >= 4 is 5.91 Å². The van der Waals surface area contributed by atoms with Gasteiger partial charge in [-0.1, -0.05) is 0 Å². The summed E-state index contributed by atoms with van der Waals surface area (Å²) in [6.45, 7) is 1.39. The summed E-state index contributed by atoms with van der Waals surface area (Å²) in [4.78, 5) is 19.3. The summed E-state index contributed by atoms with van der Waals surface area (Å²) < 4.78 is 0. The topological polar surface area (TPSA) is 80.9 Å². The van der Waals surface area contributed by atoms with E-state index in [2.05, 4.69) is 15.3 Å². The molecule has 0 aromatic carbocycles. The number of hydrogen-bond donors (Lipinski definition) is 2. The van der Waals surface area contributed by atoms with Crippen molar-refractivity contribution in [1.82, 2.24) is 15.3 Å². The molecule has 0 saturated heterocycles.